The molecule has 0 radical (unpaired) electrons. The van der Waals surface area contributed by atoms with Crippen molar-refractivity contribution < 1.29 is 14.3 Å². The van der Waals surface area contributed by atoms with Gasteiger partial charge >= 0.3 is 0 Å². The molecule has 134 valence electrons. The average molecular weight is 348 g/mol. The number of carbonyl (C=O) groups excluding carboxylic acids is 2. The van der Waals surface area contributed by atoms with E-state index in [0.717, 1.165) is 13.1 Å². The second kappa shape index (κ2) is 10.1. The van der Waals surface area contributed by atoms with Crippen LogP contribution in [-0.4, -0.2) is 74.6 Å². The van der Waals surface area contributed by atoms with Gasteiger partial charge in [-0.3, -0.25) is 9.59 Å². The first kappa shape index (κ1) is 20.2. The van der Waals surface area contributed by atoms with Crippen molar-refractivity contribution in [2.75, 3.05) is 53.0 Å². The number of hydrogen-bond donors (Lipinski definition) is 1. The maximum absolute atomic E-state index is 12.4. The molecule has 23 heavy (non-hydrogen) atoms. The fourth-order valence-electron chi connectivity index (χ4n) is 3.36. The zero-order valence-corrected chi connectivity index (χ0v) is 15.1. The third-order valence-corrected chi connectivity index (χ3v) is 4.89. The van der Waals surface area contributed by atoms with Gasteiger partial charge in [0, 0.05) is 39.7 Å². The largest absolute Gasteiger partial charge is 0.375 e. The summed E-state index contributed by atoms with van der Waals surface area (Å²) in [5, 5.41) is 3.42. The Balaban J connectivity index is 0.00000264. The summed E-state index contributed by atoms with van der Waals surface area (Å²) in [6, 6.07) is 0. The summed E-state index contributed by atoms with van der Waals surface area (Å²) in [5.74, 6) is 1.28. The molecular formula is C16H30ClN3O3. The molecule has 2 atom stereocenters. The molecule has 0 aromatic heterocycles. The van der Waals surface area contributed by atoms with Crippen molar-refractivity contribution in [1.82, 2.24) is 15.1 Å². The van der Waals surface area contributed by atoms with Crippen LogP contribution >= 0.6 is 12.4 Å². The van der Waals surface area contributed by atoms with E-state index in [1.807, 2.05) is 4.90 Å². The number of piperazine rings is 1. The fourth-order valence-corrected chi connectivity index (χ4v) is 3.36. The Morgan fingerprint density at radius 2 is 1.78 bits per heavy atom. The monoisotopic (exact) mass is 347 g/mol. The van der Waals surface area contributed by atoms with Gasteiger partial charge in [0.1, 0.15) is 6.61 Å². The first-order chi connectivity index (χ1) is 10.6. The highest BCUT2D eigenvalue weighted by atomic mass is 35.5. The van der Waals surface area contributed by atoms with Crippen LogP contribution in [0.4, 0.5) is 0 Å². The van der Waals surface area contributed by atoms with Gasteiger partial charge in [-0.1, -0.05) is 6.92 Å². The Bertz CT molecular complexity index is 381. The summed E-state index contributed by atoms with van der Waals surface area (Å²) in [6.07, 6.45) is 3.06. The predicted octanol–water partition coefficient (Wildman–Crippen LogP) is 0.751. The highest BCUT2D eigenvalue weighted by Crippen LogP contribution is 2.23. The summed E-state index contributed by atoms with van der Waals surface area (Å²) >= 11 is 0. The van der Waals surface area contributed by atoms with E-state index in [-0.39, 0.29) is 30.8 Å². The molecule has 0 bridgehead atoms. The van der Waals surface area contributed by atoms with Crippen LogP contribution in [0.3, 0.4) is 0 Å². The molecule has 2 amide bonds. The lowest BCUT2D eigenvalue weighted by Crippen LogP contribution is -2.51. The van der Waals surface area contributed by atoms with Crippen molar-refractivity contribution in [3.63, 3.8) is 0 Å². The van der Waals surface area contributed by atoms with E-state index in [4.69, 9.17) is 4.74 Å². The number of methoxy groups -OCH3 is 1. The van der Waals surface area contributed by atoms with Crippen LogP contribution in [0, 0.1) is 11.8 Å². The molecule has 2 rings (SSSR count). The Morgan fingerprint density at radius 1 is 1.17 bits per heavy atom. The summed E-state index contributed by atoms with van der Waals surface area (Å²) in [7, 11) is 1.53. The van der Waals surface area contributed by atoms with Gasteiger partial charge in [0.2, 0.25) is 11.8 Å². The highest BCUT2D eigenvalue weighted by molar-refractivity contribution is 5.85. The van der Waals surface area contributed by atoms with Crippen LogP contribution in [0.2, 0.25) is 0 Å². The van der Waals surface area contributed by atoms with Gasteiger partial charge in [0.15, 0.2) is 0 Å². The van der Waals surface area contributed by atoms with Crippen LogP contribution in [-0.2, 0) is 14.3 Å². The van der Waals surface area contributed by atoms with Crippen LogP contribution < -0.4 is 5.32 Å². The highest BCUT2D eigenvalue weighted by Gasteiger charge is 2.27. The molecule has 0 spiro atoms. The molecule has 0 saturated carbocycles. The molecule has 2 aliphatic rings. The predicted molar refractivity (Wildman–Crippen MR) is 91.7 cm³/mol. The number of nitrogens with one attached hydrogen (secondary N) is 1. The van der Waals surface area contributed by atoms with Gasteiger partial charge in [0.25, 0.3) is 0 Å². The van der Waals surface area contributed by atoms with Crippen molar-refractivity contribution in [2.45, 2.75) is 26.2 Å². The Hall–Kier alpha value is -0.850. The van der Waals surface area contributed by atoms with Gasteiger partial charge in [-0.05, 0) is 37.8 Å². The second-order valence-corrected chi connectivity index (χ2v) is 6.48. The fraction of sp³-hybridized carbons (Fsp3) is 0.875. The van der Waals surface area contributed by atoms with Crippen LogP contribution in [0.5, 0.6) is 0 Å². The van der Waals surface area contributed by atoms with Crippen molar-refractivity contribution in [3.8, 4) is 0 Å². The quantitative estimate of drug-likeness (QED) is 0.797. The number of ether oxygens (including phenoxy) is 1. The van der Waals surface area contributed by atoms with Gasteiger partial charge in [-0.15, -0.1) is 12.4 Å². The smallest absolute Gasteiger partial charge is 0.248 e. The zero-order chi connectivity index (χ0) is 15.9. The Morgan fingerprint density at radius 3 is 2.30 bits per heavy atom. The zero-order valence-electron chi connectivity index (χ0n) is 14.3. The van der Waals surface area contributed by atoms with E-state index in [2.05, 4.69) is 12.2 Å². The minimum Gasteiger partial charge on any atom is -0.375 e. The van der Waals surface area contributed by atoms with Gasteiger partial charge < -0.3 is 19.9 Å². The SMILES string of the molecule is COCC(=O)N1CCN(C(=O)CC(C)C2CCCNC2)CC1.Cl. The van der Waals surface area contributed by atoms with Crippen LogP contribution in [0.1, 0.15) is 26.2 Å². The molecule has 0 aromatic rings. The molecule has 0 aliphatic carbocycles. The van der Waals surface area contributed by atoms with Gasteiger partial charge in [-0.25, -0.2) is 0 Å². The number of hydrogen-bond acceptors (Lipinski definition) is 4. The minimum absolute atomic E-state index is 0. The standard InChI is InChI=1S/C16H29N3O3.ClH/c1-13(14-4-3-5-17-11-14)10-15(20)18-6-8-19(9-7-18)16(21)12-22-2;/h13-14,17H,3-12H2,1-2H3;1H. The van der Waals surface area contributed by atoms with Crippen molar-refractivity contribution in [3.05, 3.63) is 0 Å². The second-order valence-electron chi connectivity index (χ2n) is 6.48. The van der Waals surface area contributed by atoms with E-state index in [1.54, 1.807) is 4.90 Å². The summed E-state index contributed by atoms with van der Waals surface area (Å²) in [6.45, 7) is 6.98. The summed E-state index contributed by atoms with van der Waals surface area (Å²) in [4.78, 5) is 27.9. The molecule has 6 nitrogen and oxygen atoms in total. The third kappa shape index (κ3) is 5.94. The van der Waals surface area contributed by atoms with Crippen LogP contribution in [0.15, 0.2) is 0 Å². The molecule has 2 fully saturated rings. The van der Waals surface area contributed by atoms with E-state index in [1.165, 1.54) is 20.0 Å². The van der Waals surface area contributed by atoms with Crippen LogP contribution in [0.25, 0.3) is 0 Å². The average Bonchev–Trinajstić information content (AvgIpc) is 2.56. The van der Waals surface area contributed by atoms with Gasteiger partial charge in [-0.2, -0.15) is 0 Å². The summed E-state index contributed by atoms with van der Waals surface area (Å²) < 4.78 is 4.87. The van der Waals surface area contributed by atoms with E-state index in [0.29, 0.717) is 44.4 Å². The van der Waals surface area contributed by atoms with Crippen molar-refractivity contribution >= 4 is 24.2 Å². The molecule has 2 aliphatic heterocycles. The number of rotatable bonds is 5. The molecule has 1 N–H and O–H groups in total. The normalized spacial score (nSPS) is 23.1. The van der Waals surface area contributed by atoms with E-state index >= 15 is 0 Å². The molecule has 2 heterocycles. The Labute approximate surface area is 145 Å². The molecule has 7 heteroatoms. The lowest BCUT2D eigenvalue weighted by molar-refractivity contribution is -0.142. The first-order valence-electron chi connectivity index (χ1n) is 8.37. The number of carbonyl (C=O) groups is 2. The lowest BCUT2D eigenvalue weighted by Gasteiger charge is -2.36. The topological polar surface area (TPSA) is 61.9 Å². The maximum Gasteiger partial charge on any atom is 0.248 e. The van der Waals surface area contributed by atoms with Crippen molar-refractivity contribution in [2.24, 2.45) is 11.8 Å². The number of amides is 2. The minimum atomic E-state index is 0. The lowest BCUT2D eigenvalue weighted by atomic mass is 9.85. The number of nitrogens with zero attached hydrogens (tertiary/aromatic N) is 2. The summed E-state index contributed by atoms with van der Waals surface area (Å²) in [5.41, 5.74) is 0. The first-order valence-corrected chi connectivity index (χ1v) is 8.37. The number of halogens is 1. The van der Waals surface area contributed by atoms with E-state index < -0.39 is 0 Å². The number of piperidine rings is 1. The maximum atomic E-state index is 12.4. The molecular weight excluding hydrogens is 318 g/mol. The van der Waals surface area contributed by atoms with E-state index in [9.17, 15) is 9.59 Å². The van der Waals surface area contributed by atoms with Crippen molar-refractivity contribution in [1.29, 1.82) is 0 Å². The molecule has 2 unspecified atom stereocenters. The van der Waals surface area contributed by atoms with Gasteiger partial charge in [0.05, 0.1) is 0 Å². The molecule has 0 aromatic carbocycles. The Kier molecular flexibility index (Phi) is 8.87. The molecule has 2 saturated heterocycles. The third-order valence-electron chi connectivity index (χ3n) is 4.89.